The van der Waals surface area contributed by atoms with E-state index in [1.807, 2.05) is 31.2 Å². The topological polar surface area (TPSA) is 60.1 Å². The Morgan fingerprint density at radius 2 is 1.70 bits per heavy atom. The molecule has 0 unspecified atom stereocenters. The second kappa shape index (κ2) is 7.70. The molecular formula is C20H18N4OS2. The number of benzene rings is 2. The van der Waals surface area contributed by atoms with Gasteiger partial charge in [-0.2, -0.15) is 9.78 Å². The normalized spacial score (nSPS) is 13.2. The quantitative estimate of drug-likeness (QED) is 0.479. The summed E-state index contributed by atoms with van der Waals surface area (Å²) < 4.78 is 1.75. The Morgan fingerprint density at radius 1 is 1.04 bits per heavy atom. The molecule has 0 fully saturated rings. The van der Waals surface area contributed by atoms with Gasteiger partial charge in [0.15, 0.2) is 5.78 Å². The molecule has 4 rings (SSSR count). The number of hydrogen-bond donors (Lipinski definition) is 0. The molecule has 1 aliphatic heterocycles. The zero-order valence-corrected chi connectivity index (χ0v) is 16.7. The Bertz CT molecular complexity index is 1010. The maximum atomic E-state index is 12.4. The Morgan fingerprint density at radius 3 is 2.41 bits per heavy atom. The van der Waals surface area contributed by atoms with Gasteiger partial charge < -0.3 is 0 Å². The smallest absolute Gasteiger partial charge is 0.213 e. The van der Waals surface area contributed by atoms with Crippen molar-refractivity contribution in [2.24, 2.45) is 5.10 Å². The lowest BCUT2D eigenvalue weighted by atomic mass is 10.1. The summed E-state index contributed by atoms with van der Waals surface area (Å²) in [6.07, 6.45) is 0. The van der Waals surface area contributed by atoms with Crippen LogP contribution in [0.5, 0.6) is 0 Å². The average molecular weight is 395 g/mol. The predicted molar refractivity (Wildman–Crippen MR) is 110 cm³/mol. The number of hydrogen-bond acceptors (Lipinski definition) is 6. The van der Waals surface area contributed by atoms with Crippen LogP contribution in [0.3, 0.4) is 0 Å². The van der Waals surface area contributed by atoms with Crippen LogP contribution in [0.1, 0.15) is 27.0 Å². The van der Waals surface area contributed by atoms with Crippen molar-refractivity contribution in [3.8, 4) is 0 Å². The summed E-state index contributed by atoms with van der Waals surface area (Å²) in [4.78, 5) is 12.4. The Hall–Kier alpha value is -2.38. The molecule has 0 amide bonds. The van der Waals surface area contributed by atoms with Crippen molar-refractivity contribution in [3.05, 3.63) is 70.8 Å². The lowest BCUT2D eigenvalue weighted by Gasteiger charge is -2.13. The SMILES string of the molecule is Cc1ccc(C(=O)CSc2nnc3n2N=C(c2ccc(C)cc2)CS3)cc1. The van der Waals surface area contributed by atoms with Crippen LogP contribution in [0.4, 0.5) is 0 Å². The van der Waals surface area contributed by atoms with Gasteiger partial charge in [-0.05, 0) is 19.4 Å². The highest BCUT2D eigenvalue weighted by Gasteiger charge is 2.21. The first kappa shape index (κ1) is 18.0. The van der Waals surface area contributed by atoms with Crippen molar-refractivity contribution in [1.82, 2.24) is 14.9 Å². The van der Waals surface area contributed by atoms with Gasteiger partial charge >= 0.3 is 0 Å². The standard InChI is InChI=1S/C20H18N4OS2/c1-13-3-7-15(8-4-13)17-11-26-19-21-22-20(24(19)23-17)27-12-18(25)16-9-5-14(2)6-10-16/h3-10H,11-12H2,1-2H3. The first-order valence-electron chi connectivity index (χ1n) is 8.56. The second-order valence-corrected chi connectivity index (χ2v) is 8.24. The Labute approximate surface area is 166 Å². The third-order valence-corrected chi connectivity index (χ3v) is 6.08. The zero-order chi connectivity index (χ0) is 18.8. The van der Waals surface area contributed by atoms with Crippen molar-refractivity contribution in [1.29, 1.82) is 0 Å². The van der Waals surface area contributed by atoms with Crippen molar-refractivity contribution in [2.75, 3.05) is 11.5 Å². The first-order chi connectivity index (χ1) is 13.1. The van der Waals surface area contributed by atoms with Crippen molar-refractivity contribution in [2.45, 2.75) is 24.2 Å². The van der Waals surface area contributed by atoms with E-state index in [4.69, 9.17) is 5.10 Å². The van der Waals surface area contributed by atoms with Crippen LogP contribution >= 0.6 is 23.5 Å². The highest BCUT2D eigenvalue weighted by molar-refractivity contribution is 8.00. The van der Waals surface area contributed by atoms with E-state index in [0.717, 1.165) is 27.7 Å². The molecule has 0 atom stereocenters. The second-order valence-electron chi connectivity index (χ2n) is 6.36. The average Bonchev–Trinajstić information content (AvgIpc) is 3.09. The molecule has 1 aliphatic rings. The fourth-order valence-electron chi connectivity index (χ4n) is 2.64. The molecule has 0 aliphatic carbocycles. The maximum absolute atomic E-state index is 12.4. The largest absolute Gasteiger partial charge is 0.293 e. The molecule has 2 aromatic carbocycles. The molecule has 3 aromatic rings. The molecule has 0 bridgehead atoms. The number of rotatable bonds is 5. The molecular weight excluding hydrogens is 376 g/mol. The van der Waals surface area contributed by atoms with Gasteiger partial charge in [0.1, 0.15) is 0 Å². The summed E-state index contributed by atoms with van der Waals surface area (Å²) in [5, 5.41) is 14.5. The first-order valence-corrected chi connectivity index (χ1v) is 10.5. The summed E-state index contributed by atoms with van der Waals surface area (Å²) in [7, 11) is 0. The molecule has 0 saturated heterocycles. The van der Waals surface area contributed by atoms with Gasteiger partial charge in [0.25, 0.3) is 0 Å². The number of carbonyl (C=O) groups excluding carboxylic acids is 1. The summed E-state index contributed by atoms with van der Waals surface area (Å²) in [6.45, 7) is 4.08. The lowest BCUT2D eigenvalue weighted by molar-refractivity contribution is 0.102. The predicted octanol–water partition coefficient (Wildman–Crippen LogP) is 4.23. The van der Waals surface area contributed by atoms with E-state index in [0.29, 0.717) is 16.5 Å². The van der Waals surface area contributed by atoms with Crippen molar-refractivity contribution >= 4 is 35.0 Å². The number of aryl methyl sites for hydroxylation is 2. The van der Waals surface area contributed by atoms with Gasteiger partial charge in [-0.15, -0.1) is 10.2 Å². The van der Waals surface area contributed by atoms with Gasteiger partial charge in [-0.1, -0.05) is 83.2 Å². The summed E-state index contributed by atoms with van der Waals surface area (Å²) >= 11 is 2.98. The van der Waals surface area contributed by atoms with Crippen LogP contribution in [0.25, 0.3) is 0 Å². The van der Waals surface area contributed by atoms with Crippen LogP contribution in [0, 0.1) is 13.8 Å². The molecule has 0 N–H and O–H groups in total. The van der Waals surface area contributed by atoms with Gasteiger partial charge in [0.2, 0.25) is 10.3 Å². The maximum Gasteiger partial charge on any atom is 0.213 e. The molecule has 2 heterocycles. The molecule has 1 aromatic heterocycles. The molecule has 0 radical (unpaired) electrons. The minimum absolute atomic E-state index is 0.0727. The number of fused-ring (bicyclic) bond motifs is 1. The number of thioether (sulfide) groups is 2. The number of nitrogens with zero attached hydrogens (tertiary/aromatic N) is 4. The van der Waals surface area contributed by atoms with Crippen LogP contribution in [0.15, 0.2) is 63.9 Å². The van der Waals surface area contributed by atoms with E-state index in [2.05, 4.69) is 41.4 Å². The van der Waals surface area contributed by atoms with E-state index < -0.39 is 0 Å². The molecule has 0 saturated carbocycles. The Balaban J connectivity index is 1.52. The van der Waals surface area contributed by atoms with E-state index in [-0.39, 0.29) is 5.78 Å². The van der Waals surface area contributed by atoms with E-state index >= 15 is 0 Å². The van der Waals surface area contributed by atoms with E-state index in [1.165, 1.54) is 17.3 Å². The third kappa shape index (κ3) is 3.99. The van der Waals surface area contributed by atoms with Gasteiger partial charge in [0, 0.05) is 11.3 Å². The minimum atomic E-state index is 0.0727. The van der Waals surface area contributed by atoms with Crippen molar-refractivity contribution < 1.29 is 4.79 Å². The number of carbonyl (C=O) groups is 1. The highest BCUT2D eigenvalue weighted by Crippen LogP contribution is 2.28. The van der Waals surface area contributed by atoms with E-state index in [9.17, 15) is 4.79 Å². The Kier molecular flexibility index (Phi) is 5.13. The monoisotopic (exact) mass is 394 g/mol. The van der Waals surface area contributed by atoms with Gasteiger partial charge in [0.05, 0.1) is 11.5 Å². The third-order valence-electron chi connectivity index (χ3n) is 4.23. The van der Waals surface area contributed by atoms with Crippen molar-refractivity contribution in [3.63, 3.8) is 0 Å². The van der Waals surface area contributed by atoms with Crippen LogP contribution in [-0.2, 0) is 0 Å². The number of Topliss-reactive ketones (excluding diaryl/α,β-unsaturated/α-hetero) is 1. The van der Waals surface area contributed by atoms with Crippen LogP contribution in [0.2, 0.25) is 0 Å². The minimum Gasteiger partial charge on any atom is -0.293 e. The molecule has 27 heavy (non-hydrogen) atoms. The van der Waals surface area contributed by atoms with Gasteiger partial charge in [-0.25, -0.2) is 0 Å². The molecule has 7 heteroatoms. The fourth-order valence-corrected chi connectivity index (χ4v) is 4.31. The summed E-state index contributed by atoms with van der Waals surface area (Å²) in [5.41, 5.74) is 5.15. The number of aromatic nitrogens is 3. The summed E-state index contributed by atoms with van der Waals surface area (Å²) in [5.74, 6) is 1.14. The fraction of sp³-hybridized carbons (Fsp3) is 0.200. The highest BCUT2D eigenvalue weighted by atomic mass is 32.2. The van der Waals surface area contributed by atoms with Gasteiger partial charge in [-0.3, -0.25) is 4.79 Å². The molecule has 136 valence electrons. The number of ketones is 1. The zero-order valence-electron chi connectivity index (χ0n) is 15.0. The van der Waals surface area contributed by atoms with Crippen LogP contribution < -0.4 is 0 Å². The molecule has 5 nitrogen and oxygen atoms in total. The van der Waals surface area contributed by atoms with E-state index in [1.54, 1.807) is 16.4 Å². The molecule has 0 spiro atoms. The summed E-state index contributed by atoms with van der Waals surface area (Å²) in [6, 6.07) is 16.0. The van der Waals surface area contributed by atoms with Crippen LogP contribution in [-0.4, -0.2) is 37.9 Å². The lowest BCUT2D eigenvalue weighted by Crippen LogP contribution is -2.14.